The SMILES string of the molecule is CC(=O)O.CCC1CCC(CO)CC1. The Hall–Kier alpha value is -0.570. The molecule has 0 spiro atoms. The minimum atomic E-state index is -0.833. The van der Waals surface area contributed by atoms with Crippen LogP contribution in [0.25, 0.3) is 0 Å². The van der Waals surface area contributed by atoms with Crippen LogP contribution in [-0.4, -0.2) is 22.8 Å². The average Bonchev–Trinajstić information content (AvgIpc) is 2.17. The van der Waals surface area contributed by atoms with Crippen LogP contribution < -0.4 is 0 Å². The maximum absolute atomic E-state index is 9.00. The summed E-state index contributed by atoms with van der Waals surface area (Å²) in [6, 6.07) is 0. The lowest BCUT2D eigenvalue weighted by Gasteiger charge is -2.26. The predicted octanol–water partition coefficient (Wildman–Crippen LogP) is 2.29. The van der Waals surface area contributed by atoms with Gasteiger partial charge in [0.25, 0.3) is 5.97 Å². The summed E-state index contributed by atoms with van der Waals surface area (Å²) in [5.74, 6) is 0.755. The van der Waals surface area contributed by atoms with Gasteiger partial charge in [0.05, 0.1) is 0 Å². The summed E-state index contributed by atoms with van der Waals surface area (Å²) in [4.78, 5) is 9.00. The van der Waals surface area contributed by atoms with Crippen molar-refractivity contribution >= 4 is 5.97 Å². The second-order valence-electron chi connectivity index (χ2n) is 4.00. The normalized spacial score (nSPS) is 26.2. The zero-order chi connectivity index (χ0) is 11.0. The Bertz CT molecular complexity index is 133. The largest absolute Gasteiger partial charge is 0.481 e. The van der Waals surface area contributed by atoms with Gasteiger partial charge in [0.1, 0.15) is 0 Å². The Labute approximate surface area is 86.1 Å². The summed E-state index contributed by atoms with van der Waals surface area (Å²) in [5, 5.41) is 16.3. The summed E-state index contributed by atoms with van der Waals surface area (Å²) < 4.78 is 0. The molecule has 1 aliphatic rings. The van der Waals surface area contributed by atoms with Crippen LogP contribution in [0.4, 0.5) is 0 Å². The monoisotopic (exact) mass is 202 g/mol. The van der Waals surface area contributed by atoms with Crippen molar-refractivity contribution in [2.75, 3.05) is 6.61 Å². The molecule has 0 aromatic carbocycles. The molecule has 1 rings (SSSR count). The number of carboxylic acid groups (broad SMARTS) is 1. The number of hydrogen-bond acceptors (Lipinski definition) is 2. The van der Waals surface area contributed by atoms with Gasteiger partial charge >= 0.3 is 0 Å². The number of hydrogen-bond donors (Lipinski definition) is 2. The molecule has 1 saturated carbocycles. The summed E-state index contributed by atoms with van der Waals surface area (Å²) in [6.45, 7) is 3.76. The van der Waals surface area contributed by atoms with E-state index in [2.05, 4.69) is 6.92 Å². The molecule has 0 aromatic rings. The van der Waals surface area contributed by atoms with Crippen LogP contribution in [0.5, 0.6) is 0 Å². The first-order valence-electron chi connectivity index (χ1n) is 5.40. The molecule has 0 bridgehead atoms. The molecule has 0 aliphatic heterocycles. The zero-order valence-corrected chi connectivity index (χ0v) is 9.20. The number of aliphatic hydroxyl groups is 1. The van der Waals surface area contributed by atoms with Gasteiger partial charge in [0.2, 0.25) is 0 Å². The third kappa shape index (κ3) is 6.89. The third-order valence-corrected chi connectivity index (χ3v) is 2.80. The second-order valence-corrected chi connectivity index (χ2v) is 4.00. The number of carboxylic acids is 1. The fourth-order valence-electron chi connectivity index (χ4n) is 1.82. The van der Waals surface area contributed by atoms with Gasteiger partial charge in [-0.1, -0.05) is 26.2 Å². The van der Waals surface area contributed by atoms with Crippen LogP contribution in [0.15, 0.2) is 0 Å². The highest BCUT2D eigenvalue weighted by Crippen LogP contribution is 2.29. The fraction of sp³-hybridized carbons (Fsp3) is 0.909. The molecule has 0 unspecified atom stereocenters. The van der Waals surface area contributed by atoms with Crippen molar-refractivity contribution in [3.05, 3.63) is 0 Å². The minimum Gasteiger partial charge on any atom is -0.481 e. The van der Waals surface area contributed by atoms with Gasteiger partial charge in [-0.25, -0.2) is 0 Å². The van der Waals surface area contributed by atoms with E-state index in [1.807, 2.05) is 0 Å². The molecular formula is C11H22O3. The Kier molecular flexibility index (Phi) is 7.48. The van der Waals surface area contributed by atoms with E-state index in [9.17, 15) is 0 Å². The highest BCUT2D eigenvalue weighted by Gasteiger charge is 2.18. The molecule has 14 heavy (non-hydrogen) atoms. The van der Waals surface area contributed by atoms with Crippen LogP contribution >= 0.6 is 0 Å². The highest BCUT2D eigenvalue weighted by molar-refractivity contribution is 5.62. The lowest BCUT2D eigenvalue weighted by atomic mass is 9.81. The first-order valence-corrected chi connectivity index (χ1v) is 5.40. The molecule has 3 heteroatoms. The van der Waals surface area contributed by atoms with E-state index < -0.39 is 5.97 Å². The van der Waals surface area contributed by atoms with Crippen LogP contribution in [0.2, 0.25) is 0 Å². The molecule has 0 amide bonds. The van der Waals surface area contributed by atoms with E-state index >= 15 is 0 Å². The Morgan fingerprint density at radius 2 is 1.57 bits per heavy atom. The van der Waals surface area contributed by atoms with Crippen molar-refractivity contribution in [1.29, 1.82) is 0 Å². The van der Waals surface area contributed by atoms with Crippen LogP contribution in [0, 0.1) is 11.8 Å². The second kappa shape index (κ2) is 7.80. The van der Waals surface area contributed by atoms with Gasteiger partial charge in [-0.05, 0) is 24.7 Å². The molecule has 0 aromatic heterocycles. The molecular weight excluding hydrogens is 180 g/mol. The van der Waals surface area contributed by atoms with Gasteiger partial charge in [0, 0.05) is 13.5 Å². The maximum atomic E-state index is 9.00. The summed E-state index contributed by atoms with van der Waals surface area (Å²) >= 11 is 0. The molecule has 0 atom stereocenters. The molecule has 3 nitrogen and oxygen atoms in total. The lowest BCUT2D eigenvalue weighted by Crippen LogP contribution is -2.16. The maximum Gasteiger partial charge on any atom is 0.300 e. The average molecular weight is 202 g/mol. The molecule has 0 radical (unpaired) electrons. The summed E-state index contributed by atoms with van der Waals surface area (Å²) in [5.41, 5.74) is 0. The molecule has 0 heterocycles. The van der Waals surface area contributed by atoms with Crippen molar-refractivity contribution in [3.63, 3.8) is 0 Å². The van der Waals surface area contributed by atoms with Crippen molar-refractivity contribution in [3.8, 4) is 0 Å². The Morgan fingerprint density at radius 1 is 1.21 bits per heavy atom. The lowest BCUT2D eigenvalue weighted by molar-refractivity contribution is -0.134. The molecule has 84 valence electrons. The quantitative estimate of drug-likeness (QED) is 0.722. The van der Waals surface area contributed by atoms with Gasteiger partial charge in [-0.3, -0.25) is 4.79 Å². The first kappa shape index (κ1) is 13.4. The molecule has 1 fully saturated rings. The molecule has 2 N–H and O–H groups in total. The van der Waals surface area contributed by atoms with E-state index in [4.69, 9.17) is 15.0 Å². The van der Waals surface area contributed by atoms with Gasteiger partial charge in [-0.2, -0.15) is 0 Å². The van der Waals surface area contributed by atoms with E-state index in [0.717, 1.165) is 12.8 Å². The van der Waals surface area contributed by atoms with E-state index in [1.54, 1.807) is 0 Å². The minimum absolute atomic E-state index is 0.413. The smallest absolute Gasteiger partial charge is 0.300 e. The highest BCUT2D eigenvalue weighted by atomic mass is 16.4. The zero-order valence-electron chi connectivity index (χ0n) is 9.20. The number of aliphatic hydroxyl groups excluding tert-OH is 1. The number of rotatable bonds is 2. The topological polar surface area (TPSA) is 57.5 Å². The number of aliphatic carboxylic acids is 1. The fourth-order valence-corrected chi connectivity index (χ4v) is 1.82. The van der Waals surface area contributed by atoms with Gasteiger partial charge in [0.15, 0.2) is 0 Å². The summed E-state index contributed by atoms with van der Waals surface area (Å²) in [6.07, 6.45) is 6.55. The Morgan fingerprint density at radius 3 is 1.86 bits per heavy atom. The standard InChI is InChI=1S/C9H18O.C2H4O2/c1-2-8-3-5-9(7-10)6-4-8;1-2(3)4/h8-10H,2-7H2,1H3;1H3,(H,3,4). The van der Waals surface area contributed by atoms with Crippen molar-refractivity contribution in [2.45, 2.75) is 46.0 Å². The van der Waals surface area contributed by atoms with Crippen LogP contribution in [0.1, 0.15) is 46.0 Å². The molecule has 0 saturated heterocycles. The predicted molar refractivity (Wildman–Crippen MR) is 56.1 cm³/mol. The van der Waals surface area contributed by atoms with Gasteiger partial charge < -0.3 is 10.2 Å². The van der Waals surface area contributed by atoms with Crippen molar-refractivity contribution < 1.29 is 15.0 Å². The summed E-state index contributed by atoms with van der Waals surface area (Å²) in [7, 11) is 0. The van der Waals surface area contributed by atoms with Crippen molar-refractivity contribution in [1.82, 2.24) is 0 Å². The van der Waals surface area contributed by atoms with Crippen LogP contribution in [-0.2, 0) is 4.79 Å². The first-order chi connectivity index (χ1) is 6.60. The Balaban J connectivity index is 0.000000364. The van der Waals surface area contributed by atoms with E-state index in [0.29, 0.717) is 12.5 Å². The van der Waals surface area contributed by atoms with Crippen LogP contribution in [0.3, 0.4) is 0 Å². The molecule has 1 aliphatic carbocycles. The van der Waals surface area contributed by atoms with E-state index in [1.165, 1.54) is 32.1 Å². The van der Waals surface area contributed by atoms with Gasteiger partial charge in [-0.15, -0.1) is 0 Å². The third-order valence-electron chi connectivity index (χ3n) is 2.80. The number of carbonyl (C=O) groups is 1. The van der Waals surface area contributed by atoms with E-state index in [-0.39, 0.29) is 0 Å². The van der Waals surface area contributed by atoms with Crippen molar-refractivity contribution in [2.24, 2.45) is 11.8 Å².